The van der Waals surface area contributed by atoms with Gasteiger partial charge in [0.2, 0.25) is 0 Å². The summed E-state index contributed by atoms with van der Waals surface area (Å²) in [7, 11) is 0. The van der Waals surface area contributed by atoms with E-state index in [4.69, 9.17) is 5.73 Å². The van der Waals surface area contributed by atoms with Crippen LogP contribution in [-0.2, 0) is 0 Å². The van der Waals surface area contributed by atoms with Gasteiger partial charge in [-0.1, -0.05) is 30.3 Å². The van der Waals surface area contributed by atoms with Crippen LogP contribution in [0.1, 0.15) is 22.2 Å². The minimum absolute atomic E-state index is 0.157. The van der Waals surface area contributed by atoms with Crippen molar-refractivity contribution in [1.82, 2.24) is 19.8 Å². The average Bonchev–Trinajstić information content (AvgIpc) is 2.63. The van der Waals surface area contributed by atoms with E-state index in [9.17, 15) is 9.90 Å². The second-order valence-corrected chi connectivity index (χ2v) is 5.81. The van der Waals surface area contributed by atoms with Gasteiger partial charge in [-0.2, -0.15) is 0 Å². The Morgan fingerprint density at radius 1 is 1.12 bits per heavy atom. The SMILES string of the molecule is Nc1nccnc1C(=O)N1CCN(C[C@@H](O)c2ccccc2)CC1. The molecule has 126 valence electrons. The van der Waals surface area contributed by atoms with Crippen molar-refractivity contribution in [1.29, 1.82) is 0 Å². The third-order valence-corrected chi connectivity index (χ3v) is 4.20. The molecule has 7 heteroatoms. The zero-order valence-electron chi connectivity index (χ0n) is 13.4. The van der Waals surface area contributed by atoms with E-state index in [2.05, 4.69) is 14.9 Å². The first kappa shape index (κ1) is 16.4. The largest absolute Gasteiger partial charge is 0.387 e. The number of aromatic nitrogens is 2. The number of nitrogens with two attached hydrogens (primary N) is 1. The highest BCUT2D eigenvalue weighted by Crippen LogP contribution is 2.16. The Morgan fingerprint density at radius 2 is 1.79 bits per heavy atom. The van der Waals surface area contributed by atoms with E-state index in [-0.39, 0.29) is 17.4 Å². The molecule has 2 aromatic rings. The maximum Gasteiger partial charge on any atom is 0.276 e. The van der Waals surface area contributed by atoms with E-state index < -0.39 is 6.10 Å². The van der Waals surface area contributed by atoms with Gasteiger partial charge >= 0.3 is 0 Å². The number of aliphatic hydroxyl groups is 1. The molecule has 1 fully saturated rings. The summed E-state index contributed by atoms with van der Waals surface area (Å²) in [5.41, 5.74) is 6.83. The molecule has 1 aromatic heterocycles. The number of rotatable bonds is 4. The van der Waals surface area contributed by atoms with Crippen LogP contribution >= 0.6 is 0 Å². The minimum atomic E-state index is -0.524. The molecule has 0 unspecified atom stereocenters. The second kappa shape index (κ2) is 7.37. The van der Waals surface area contributed by atoms with Crippen molar-refractivity contribution in [3.05, 3.63) is 54.0 Å². The predicted molar refractivity (Wildman–Crippen MR) is 90.2 cm³/mol. The normalized spacial score (nSPS) is 16.8. The summed E-state index contributed by atoms with van der Waals surface area (Å²) in [4.78, 5) is 24.3. The monoisotopic (exact) mass is 327 g/mol. The molecule has 24 heavy (non-hydrogen) atoms. The molecule has 1 aromatic carbocycles. The molecule has 0 spiro atoms. The summed E-state index contributed by atoms with van der Waals surface area (Å²) in [6.07, 6.45) is 2.41. The highest BCUT2D eigenvalue weighted by atomic mass is 16.3. The number of carbonyl (C=O) groups is 1. The number of amides is 1. The Hall–Kier alpha value is -2.51. The zero-order chi connectivity index (χ0) is 16.9. The van der Waals surface area contributed by atoms with Gasteiger partial charge in [0.15, 0.2) is 11.5 Å². The number of anilines is 1. The molecule has 2 heterocycles. The summed E-state index contributed by atoms with van der Waals surface area (Å²) < 4.78 is 0. The summed E-state index contributed by atoms with van der Waals surface area (Å²) in [6.45, 7) is 3.12. The summed E-state index contributed by atoms with van der Waals surface area (Å²) >= 11 is 0. The Morgan fingerprint density at radius 3 is 2.46 bits per heavy atom. The van der Waals surface area contributed by atoms with Gasteiger partial charge in [0.25, 0.3) is 5.91 Å². The van der Waals surface area contributed by atoms with Crippen LogP contribution in [0.15, 0.2) is 42.7 Å². The van der Waals surface area contributed by atoms with Crippen molar-refractivity contribution in [2.75, 3.05) is 38.5 Å². The Bertz CT molecular complexity index is 686. The average molecular weight is 327 g/mol. The molecule has 3 rings (SSSR count). The lowest BCUT2D eigenvalue weighted by atomic mass is 10.1. The van der Waals surface area contributed by atoms with Crippen molar-refractivity contribution < 1.29 is 9.90 Å². The van der Waals surface area contributed by atoms with Crippen LogP contribution in [0.5, 0.6) is 0 Å². The Kier molecular flexibility index (Phi) is 5.02. The second-order valence-electron chi connectivity index (χ2n) is 5.81. The fraction of sp³-hybridized carbons (Fsp3) is 0.353. The van der Waals surface area contributed by atoms with Crippen molar-refractivity contribution in [3.8, 4) is 0 Å². The lowest BCUT2D eigenvalue weighted by Crippen LogP contribution is -2.49. The Balaban J connectivity index is 1.54. The Labute approximate surface area is 140 Å². The van der Waals surface area contributed by atoms with Gasteiger partial charge in [0.1, 0.15) is 0 Å². The standard InChI is InChI=1S/C17H21N5O2/c18-16-15(19-6-7-20-16)17(24)22-10-8-21(9-11-22)12-14(23)13-4-2-1-3-5-13/h1-7,14,23H,8-12H2,(H2,18,20)/t14-/m1/s1. The maximum atomic E-state index is 12.4. The quantitative estimate of drug-likeness (QED) is 0.851. The van der Waals surface area contributed by atoms with E-state index in [0.29, 0.717) is 32.7 Å². The van der Waals surface area contributed by atoms with Crippen LogP contribution in [-0.4, -0.2) is 63.5 Å². The topological polar surface area (TPSA) is 95.6 Å². The lowest BCUT2D eigenvalue weighted by molar-refractivity contribution is 0.0523. The molecule has 1 saturated heterocycles. The number of β-amino-alcohol motifs (C(OH)–C–C–N with tert-alkyl or cyclic N) is 1. The molecule has 3 N–H and O–H groups in total. The van der Waals surface area contributed by atoms with Crippen molar-refractivity contribution in [3.63, 3.8) is 0 Å². The van der Waals surface area contributed by atoms with Crippen LogP contribution in [0.25, 0.3) is 0 Å². The number of hydrogen-bond acceptors (Lipinski definition) is 6. The first-order valence-corrected chi connectivity index (χ1v) is 7.96. The fourth-order valence-electron chi connectivity index (χ4n) is 2.82. The molecule has 1 aliphatic rings. The number of nitrogen functional groups attached to an aromatic ring is 1. The molecule has 0 bridgehead atoms. The van der Waals surface area contributed by atoms with E-state index >= 15 is 0 Å². The zero-order valence-corrected chi connectivity index (χ0v) is 13.4. The predicted octanol–water partition coefficient (Wildman–Crippen LogP) is 0.550. The van der Waals surface area contributed by atoms with Crippen LogP contribution in [0, 0.1) is 0 Å². The number of piperazine rings is 1. The number of aliphatic hydroxyl groups excluding tert-OH is 1. The summed E-state index contributed by atoms with van der Waals surface area (Å²) in [5, 5.41) is 10.3. The van der Waals surface area contributed by atoms with Crippen LogP contribution in [0.2, 0.25) is 0 Å². The molecule has 7 nitrogen and oxygen atoms in total. The van der Waals surface area contributed by atoms with Gasteiger partial charge in [0, 0.05) is 45.1 Å². The number of carbonyl (C=O) groups excluding carboxylic acids is 1. The first-order valence-electron chi connectivity index (χ1n) is 7.96. The van der Waals surface area contributed by atoms with E-state index in [1.165, 1.54) is 12.4 Å². The van der Waals surface area contributed by atoms with E-state index in [0.717, 1.165) is 5.56 Å². The molecule has 1 atom stereocenters. The van der Waals surface area contributed by atoms with Crippen molar-refractivity contribution >= 4 is 11.7 Å². The smallest absolute Gasteiger partial charge is 0.276 e. The summed E-state index contributed by atoms with van der Waals surface area (Å²) in [5.74, 6) is -0.0340. The molecule has 1 amide bonds. The van der Waals surface area contributed by atoms with Gasteiger partial charge in [-0.3, -0.25) is 9.69 Å². The van der Waals surface area contributed by atoms with Gasteiger partial charge in [0.05, 0.1) is 6.10 Å². The maximum absolute atomic E-state index is 12.4. The van der Waals surface area contributed by atoms with E-state index in [1.807, 2.05) is 30.3 Å². The first-order chi connectivity index (χ1) is 11.6. The highest BCUT2D eigenvalue weighted by molar-refractivity contribution is 5.96. The third kappa shape index (κ3) is 3.69. The van der Waals surface area contributed by atoms with Crippen LogP contribution < -0.4 is 5.73 Å². The molecule has 0 saturated carbocycles. The van der Waals surface area contributed by atoms with Crippen molar-refractivity contribution in [2.24, 2.45) is 0 Å². The number of benzene rings is 1. The minimum Gasteiger partial charge on any atom is -0.387 e. The molecule has 1 aliphatic heterocycles. The van der Waals surface area contributed by atoms with Crippen LogP contribution in [0.4, 0.5) is 5.82 Å². The lowest BCUT2D eigenvalue weighted by Gasteiger charge is -2.35. The molecular formula is C17H21N5O2. The fourth-order valence-corrected chi connectivity index (χ4v) is 2.82. The highest BCUT2D eigenvalue weighted by Gasteiger charge is 2.25. The summed E-state index contributed by atoms with van der Waals surface area (Å²) in [6, 6.07) is 9.60. The van der Waals surface area contributed by atoms with Crippen LogP contribution in [0.3, 0.4) is 0 Å². The van der Waals surface area contributed by atoms with E-state index in [1.54, 1.807) is 4.90 Å². The molecular weight excluding hydrogens is 306 g/mol. The van der Waals surface area contributed by atoms with Gasteiger partial charge in [-0.15, -0.1) is 0 Å². The molecule has 0 aliphatic carbocycles. The van der Waals surface area contributed by atoms with Gasteiger partial charge in [-0.25, -0.2) is 9.97 Å². The number of nitrogens with zero attached hydrogens (tertiary/aromatic N) is 4. The van der Waals surface area contributed by atoms with Crippen molar-refractivity contribution in [2.45, 2.75) is 6.10 Å². The number of hydrogen-bond donors (Lipinski definition) is 2. The third-order valence-electron chi connectivity index (χ3n) is 4.20. The van der Waals surface area contributed by atoms with Gasteiger partial charge in [-0.05, 0) is 5.56 Å². The molecule has 0 radical (unpaired) electrons. The van der Waals surface area contributed by atoms with Gasteiger partial charge < -0.3 is 15.7 Å².